The zero-order chi connectivity index (χ0) is 4.24. The van der Waals surface area contributed by atoms with E-state index in [0.29, 0.717) is 0 Å². The summed E-state index contributed by atoms with van der Waals surface area (Å²) in [7, 11) is 0. The van der Waals surface area contributed by atoms with Gasteiger partial charge in [0.2, 0.25) is 0 Å². The van der Waals surface area contributed by atoms with E-state index in [2.05, 4.69) is 10.2 Å². The quantitative estimate of drug-likeness (QED) is 0.686. The van der Waals surface area contributed by atoms with Gasteiger partial charge in [-0.15, -0.1) is 0 Å². The minimum atomic E-state index is 0. The van der Waals surface area contributed by atoms with Gasteiger partial charge in [0, 0.05) is 32.5 Å². The summed E-state index contributed by atoms with van der Waals surface area (Å²) in [6.45, 7) is 0. The summed E-state index contributed by atoms with van der Waals surface area (Å²) in [5.74, 6) is 0. The molecule has 3 heteroatoms. The van der Waals surface area contributed by atoms with Crippen molar-refractivity contribution < 1.29 is 20.1 Å². The first kappa shape index (κ1) is 6.73. The molecule has 39 valence electrons. The van der Waals surface area contributed by atoms with Crippen LogP contribution >= 0.6 is 0 Å². The molecule has 0 fully saturated rings. The fourth-order valence-corrected chi connectivity index (χ4v) is 0.253. The predicted octanol–water partition coefficient (Wildman–Crippen LogP) is 0.474. The smallest absolute Gasteiger partial charge is 0.0496 e. The predicted molar refractivity (Wildman–Crippen MR) is 22.0 cm³/mol. The van der Waals surface area contributed by atoms with Crippen LogP contribution in [0, 0.1) is 0 Å². The Balaban J connectivity index is 0.000000360. The molecule has 1 radical (unpaired) electrons. The standard InChI is InChI=1S/C4H4N2.Ir/c1-2-4-6-5-3-1;/h1-4H;. The number of nitrogens with zero attached hydrogens (tertiary/aromatic N) is 2. The molecule has 0 amide bonds. The third-order valence-corrected chi connectivity index (χ3v) is 0.483. The van der Waals surface area contributed by atoms with Crippen LogP contribution in [0.15, 0.2) is 24.5 Å². The molecule has 0 unspecified atom stereocenters. The van der Waals surface area contributed by atoms with Crippen molar-refractivity contribution in [2.45, 2.75) is 0 Å². The average molecular weight is 272 g/mol. The van der Waals surface area contributed by atoms with Gasteiger partial charge in [0.25, 0.3) is 0 Å². The Kier molecular flexibility index (Phi) is 3.75. The topological polar surface area (TPSA) is 25.8 Å². The van der Waals surface area contributed by atoms with Gasteiger partial charge in [0.15, 0.2) is 0 Å². The SMILES string of the molecule is [Ir].c1ccnnc1. The maximum absolute atomic E-state index is 3.53. The van der Waals surface area contributed by atoms with Crippen molar-refractivity contribution in [1.82, 2.24) is 10.2 Å². The first-order valence-electron chi connectivity index (χ1n) is 1.72. The van der Waals surface area contributed by atoms with Crippen LogP contribution in [-0.4, -0.2) is 10.2 Å². The van der Waals surface area contributed by atoms with Crippen molar-refractivity contribution in [3.63, 3.8) is 0 Å². The molecule has 0 aliphatic heterocycles. The number of aromatic nitrogens is 2. The molecule has 0 aliphatic rings. The van der Waals surface area contributed by atoms with Gasteiger partial charge in [-0.05, 0) is 12.1 Å². The summed E-state index contributed by atoms with van der Waals surface area (Å²) in [5.41, 5.74) is 0. The van der Waals surface area contributed by atoms with Crippen LogP contribution in [0.25, 0.3) is 0 Å². The third kappa shape index (κ3) is 2.43. The molecule has 7 heavy (non-hydrogen) atoms. The molecule has 1 aromatic heterocycles. The van der Waals surface area contributed by atoms with Crippen LogP contribution in [-0.2, 0) is 20.1 Å². The van der Waals surface area contributed by atoms with Gasteiger partial charge in [0.05, 0.1) is 0 Å². The van der Waals surface area contributed by atoms with E-state index >= 15 is 0 Å². The van der Waals surface area contributed by atoms with Crippen LogP contribution in [0.3, 0.4) is 0 Å². The van der Waals surface area contributed by atoms with E-state index in [-0.39, 0.29) is 20.1 Å². The molecule has 0 aromatic carbocycles. The molecule has 2 nitrogen and oxygen atoms in total. The van der Waals surface area contributed by atoms with Gasteiger partial charge in [-0.2, -0.15) is 10.2 Å². The zero-order valence-electron chi connectivity index (χ0n) is 3.54. The van der Waals surface area contributed by atoms with Gasteiger partial charge >= 0.3 is 0 Å². The van der Waals surface area contributed by atoms with E-state index in [4.69, 9.17) is 0 Å². The van der Waals surface area contributed by atoms with Crippen LogP contribution in [0.1, 0.15) is 0 Å². The first-order chi connectivity index (χ1) is 3.00. The molecule has 0 saturated carbocycles. The summed E-state index contributed by atoms with van der Waals surface area (Å²) in [6.07, 6.45) is 3.28. The van der Waals surface area contributed by atoms with Gasteiger partial charge in [-0.3, -0.25) is 0 Å². The van der Waals surface area contributed by atoms with E-state index in [1.165, 1.54) is 0 Å². The van der Waals surface area contributed by atoms with Crippen molar-refractivity contribution >= 4 is 0 Å². The van der Waals surface area contributed by atoms with Crippen molar-refractivity contribution in [1.29, 1.82) is 0 Å². The average Bonchev–Trinajstić information content (AvgIpc) is 1.72. The summed E-state index contributed by atoms with van der Waals surface area (Å²) >= 11 is 0. The molecule has 0 spiro atoms. The largest absolute Gasteiger partial charge is 0.159 e. The Morgan fingerprint density at radius 1 is 0.857 bits per heavy atom. The molecule has 1 rings (SSSR count). The van der Waals surface area contributed by atoms with Crippen molar-refractivity contribution in [3.8, 4) is 0 Å². The van der Waals surface area contributed by atoms with E-state index in [1.54, 1.807) is 12.4 Å². The molecule has 0 aliphatic carbocycles. The third-order valence-electron chi connectivity index (χ3n) is 0.483. The number of rotatable bonds is 0. The first-order valence-corrected chi connectivity index (χ1v) is 1.72. The molecule has 0 saturated heterocycles. The zero-order valence-corrected chi connectivity index (χ0v) is 5.93. The van der Waals surface area contributed by atoms with Gasteiger partial charge in [-0.1, -0.05) is 0 Å². The molecule has 0 bridgehead atoms. The molecule has 0 N–H and O–H groups in total. The molecule has 1 heterocycles. The van der Waals surface area contributed by atoms with Crippen LogP contribution < -0.4 is 0 Å². The van der Waals surface area contributed by atoms with Crippen molar-refractivity contribution in [2.75, 3.05) is 0 Å². The molecule has 0 atom stereocenters. The van der Waals surface area contributed by atoms with Crippen LogP contribution in [0.5, 0.6) is 0 Å². The van der Waals surface area contributed by atoms with Gasteiger partial charge in [0.1, 0.15) is 0 Å². The second kappa shape index (κ2) is 3.90. The Morgan fingerprint density at radius 2 is 1.29 bits per heavy atom. The second-order valence-electron chi connectivity index (χ2n) is 0.914. The Hall–Kier alpha value is -0.271. The summed E-state index contributed by atoms with van der Waals surface area (Å²) in [6, 6.07) is 3.65. The minimum absolute atomic E-state index is 0. The van der Waals surface area contributed by atoms with Crippen molar-refractivity contribution in [3.05, 3.63) is 24.5 Å². The Morgan fingerprint density at radius 3 is 1.43 bits per heavy atom. The van der Waals surface area contributed by atoms with Crippen molar-refractivity contribution in [2.24, 2.45) is 0 Å². The van der Waals surface area contributed by atoms with Gasteiger partial charge < -0.3 is 0 Å². The minimum Gasteiger partial charge on any atom is -0.159 e. The van der Waals surface area contributed by atoms with E-state index < -0.39 is 0 Å². The summed E-state index contributed by atoms with van der Waals surface area (Å²) < 4.78 is 0. The Bertz CT molecular complexity index is 81.6. The fraction of sp³-hybridized carbons (Fsp3) is 0. The second-order valence-corrected chi connectivity index (χ2v) is 0.914. The normalized spacial score (nSPS) is 6.86. The number of hydrogen-bond donors (Lipinski definition) is 0. The van der Waals surface area contributed by atoms with E-state index in [1.807, 2.05) is 12.1 Å². The van der Waals surface area contributed by atoms with Crippen LogP contribution in [0.2, 0.25) is 0 Å². The van der Waals surface area contributed by atoms with E-state index in [0.717, 1.165) is 0 Å². The molecular weight excluding hydrogens is 268 g/mol. The van der Waals surface area contributed by atoms with E-state index in [9.17, 15) is 0 Å². The Labute approximate surface area is 55.3 Å². The maximum atomic E-state index is 3.53. The summed E-state index contributed by atoms with van der Waals surface area (Å²) in [4.78, 5) is 0. The monoisotopic (exact) mass is 273 g/mol. The summed E-state index contributed by atoms with van der Waals surface area (Å²) in [5, 5.41) is 7.07. The molecule has 1 aromatic rings. The van der Waals surface area contributed by atoms with Gasteiger partial charge in [-0.25, -0.2) is 0 Å². The fourth-order valence-electron chi connectivity index (χ4n) is 0.253. The van der Waals surface area contributed by atoms with Crippen LogP contribution in [0.4, 0.5) is 0 Å². The number of hydrogen-bond acceptors (Lipinski definition) is 2. The maximum Gasteiger partial charge on any atom is 0.0496 e. The molecular formula is C4H4IrN2.